The molecule has 2 unspecified atom stereocenters. The lowest BCUT2D eigenvalue weighted by atomic mass is 9.91. The Hall–Kier alpha value is -2.99. The number of hydrogen-bond acceptors (Lipinski definition) is 6. The van der Waals surface area contributed by atoms with E-state index in [1.807, 2.05) is 62.5 Å². The molecule has 0 radical (unpaired) electrons. The van der Waals surface area contributed by atoms with Crippen LogP contribution >= 0.6 is 23.2 Å². The number of rotatable bonds is 12. The molecule has 1 fully saturated rings. The van der Waals surface area contributed by atoms with Gasteiger partial charge in [0.05, 0.1) is 12.3 Å². The van der Waals surface area contributed by atoms with Crippen LogP contribution in [0.15, 0.2) is 72.8 Å². The minimum absolute atomic E-state index is 0.0684. The minimum atomic E-state index is -3.43. The second kappa shape index (κ2) is 16.1. The highest BCUT2D eigenvalue weighted by molar-refractivity contribution is 7.88. The molecule has 258 valence electrons. The van der Waals surface area contributed by atoms with Gasteiger partial charge in [-0.3, -0.25) is 19.4 Å². The summed E-state index contributed by atoms with van der Waals surface area (Å²) in [6, 6.07) is 22.0. The van der Waals surface area contributed by atoms with Gasteiger partial charge in [0.25, 0.3) is 0 Å². The SMILES string of the molecule is CCN(CC(c1ccccc1Cl)N1CCN(C(=O)[C@@H](Cc2ccc(Cl)cc2)NC(=O)CC2c3ccccc3CCN2C)CC1)S(C)(=O)=O. The van der Waals surface area contributed by atoms with Crippen LogP contribution in [0.25, 0.3) is 0 Å². The average molecular weight is 715 g/mol. The van der Waals surface area contributed by atoms with Gasteiger partial charge in [0, 0.05) is 74.7 Å². The third-order valence-electron chi connectivity index (χ3n) is 9.57. The van der Waals surface area contributed by atoms with Gasteiger partial charge < -0.3 is 10.2 Å². The molecule has 3 aromatic carbocycles. The smallest absolute Gasteiger partial charge is 0.245 e. The van der Waals surface area contributed by atoms with E-state index in [1.165, 1.54) is 16.1 Å². The van der Waals surface area contributed by atoms with E-state index in [-0.39, 0.29) is 36.9 Å². The molecular weight excluding hydrogens is 669 g/mol. The Morgan fingerprint density at radius 1 is 0.938 bits per heavy atom. The van der Waals surface area contributed by atoms with Crippen LogP contribution < -0.4 is 5.32 Å². The molecule has 2 aliphatic rings. The van der Waals surface area contributed by atoms with Crippen LogP contribution in [-0.4, -0.2) is 104 Å². The van der Waals surface area contributed by atoms with Gasteiger partial charge in [-0.25, -0.2) is 12.7 Å². The van der Waals surface area contributed by atoms with Gasteiger partial charge in [-0.1, -0.05) is 84.7 Å². The maximum absolute atomic E-state index is 14.2. The van der Waals surface area contributed by atoms with Gasteiger partial charge in [0.1, 0.15) is 6.04 Å². The topological polar surface area (TPSA) is 93.3 Å². The summed E-state index contributed by atoms with van der Waals surface area (Å²) in [5, 5.41) is 4.27. The molecule has 2 amide bonds. The van der Waals surface area contributed by atoms with Gasteiger partial charge in [-0.05, 0) is 53.9 Å². The van der Waals surface area contributed by atoms with Crippen LogP contribution in [0.3, 0.4) is 0 Å². The van der Waals surface area contributed by atoms with Crippen molar-refractivity contribution in [2.45, 2.75) is 44.3 Å². The highest BCUT2D eigenvalue weighted by Crippen LogP contribution is 2.32. The summed E-state index contributed by atoms with van der Waals surface area (Å²) in [4.78, 5) is 34.0. The molecule has 3 aromatic rings. The lowest BCUT2D eigenvalue weighted by Crippen LogP contribution is -2.56. The maximum Gasteiger partial charge on any atom is 0.245 e. The van der Waals surface area contributed by atoms with E-state index < -0.39 is 16.1 Å². The standard InChI is InChI=1S/C36H45Cl2N5O4S/c1-4-43(48(3,46)47)25-34(30-11-7-8-12-31(30)38)41-19-21-42(22-20-41)36(45)32(23-26-13-15-28(37)16-14-26)39-35(44)24-33-29-10-6-5-9-27(29)17-18-40(33)2/h5-16,32-34H,4,17-25H2,1-3H3,(H,39,44)/t32-,33?,34?/m1/s1. The number of likely N-dealkylation sites (N-methyl/N-ethyl adjacent to an activating group) is 2. The van der Waals surface area contributed by atoms with Crippen molar-refractivity contribution in [3.05, 3.63) is 105 Å². The molecule has 2 heterocycles. The number of nitrogens with zero attached hydrogens (tertiary/aromatic N) is 4. The molecule has 0 aliphatic carbocycles. The zero-order valence-electron chi connectivity index (χ0n) is 27.8. The predicted molar refractivity (Wildman–Crippen MR) is 192 cm³/mol. The Bertz CT molecular complexity index is 1680. The molecular formula is C36H45Cl2N5O4S. The molecule has 12 heteroatoms. The summed E-state index contributed by atoms with van der Waals surface area (Å²) in [5.74, 6) is -0.315. The molecule has 5 rings (SSSR count). The number of halogens is 2. The molecule has 0 bridgehead atoms. The number of piperazine rings is 1. The van der Waals surface area contributed by atoms with Gasteiger partial charge in [0.15, 0.2) is 0 Å². The van der Waals surface area contributed by atoms with E-state index in [0.717, 1.165) is 29.7 Å². The Labute approximate surface area is 294 Å². The Kier molecular flexibility index (Phi) is 12.2. The molecule has 48 heavy (non-hydrogen) atoms. The van der Waals surface area contributed by atoms with Gasteiger partial charge in [-0.2, -0.15) is 0 Å². The van der Waals surface area contributed by atoms with Gasteiger partial charge in [0.2, 0.25) is 21.8 Å². The number of fused-ring (bicyclic) bond motifs is 1. The first kappa shape index (κ1) is 36.3. The molecule has 2 aliphatic heterocycles. The zero-order chi connectivity index (χ0) is 34.4. The molecule has 1 N–H and O–H groups in total. The van der Waals surface area contributed by atoms with E-state index in [2.05, 4.69) is 27.2 Å². The number of sulfonamides is 1. The summed E-state index contributed by atoms with van der Waals surface area (Å²) in [6.07, 6.45) is 2.74. The summed E-state index contributed by atoms with van der Waals surface area (Å²) in [6.45, 7) is 5.17. The summed E-state index contributed by atoms with van der Waals surface area (Å²) >= 11 is 12.8. The number of nitrogens with one attached hydrogen (secondary N) is 1. The molecule has 0 aromatic heterocycles. The van der Waals surface area contributed by atoms with Crippen molar-refractivity contribution in [3.63, 3.8) is 0 Å². The summed E-state index contributed by atoms with van der Waals surface area (Å²) in [7, 11) is -1.40. The fourth-order valence-electron chi connectivity index (χ4n) is 6.85. The van der Waals surface area contributed by atoms with Crippen LogP contribution in [0, 0.1) is 0 Å². The number of benzene rings is 3. The molecule has 9 nitrogen and oxygen atoms in total. The first-order valence-corrected chi connectivity index (χ1v) is 19.1. The van der Waals surface area contributed by atoms with Crippen molar-refractivity contribution >= 4 is 45.0 Å². The molecule has 1 saturated heterocycles. The van der Waals surface area contributed by atoms with E-state index in [9.17, 15) is 18.0 Å². The third-order valence-corrected chi connectivity index (χ3v) is 11.5. The van der Waals surface area contributed by atoms with Crippen molar-refractivity contribution in [2.24, 2.45) is 0 Å². The normalized spacial score (nSPS) is 18.7. The van der Waals surface area contributed by atoms with Crippen LogP contribution in [0.1, 0.15) is 47.7 Å². The molecule has 0 spiro atoms. The van der Waals surface area contributed by atoms with Crippen molar-refractivity contribution in [2.75, 3.05) is 59.1 Å². The fraction of sp³-hybridized carbons (Fsp3) is 0.444. The highest BCUT2D eigenvalue weighted by atomic mass is 35.5. The third kappa shape index (κ3) is 8.97. The van der Waals surface area contributed by atoms with E-state index in [4.69, 9.17) is 23.2 Å². The first-order chi connectivity index (χ1) is 22.9. The summed E-state index contributed by atoms with van der Waals surface area (Å²) < 4.78 is 26.6. The molecule has 3 atom stereocenters. The lowest BCUT2D eigenvalue weighted by molar-refractivity contribution is -0.138. The van der Waals surface area contributed by atoms with Crippen LogP contribution in [0.2, 0.25) is 10.0 Å². The predicted octanol–water partition coefficient (Wildman–Crippen LogP) is 4.81. The van der Waals surface area contributed by atoms with E-state index in [0.29, 0.717) is 49.2 Å². The number of amides is 2. The van der Waals surface area contributed by atoms with Gasteiger partial charge >= 0.3 is 0 Å². The Morgan fingerprint density at radius 3 is 2.27 bits per heavy atom. The lowest BCUT2D eigenvalue weighted by Gasteiger charge is -2.42. The van der Waals surface area contributed by atoms with Crippen LogP contribution in [0.4, 0.5) is 0 Å². The van der Waals surface area contributed by atoms with Crippen molar-refractivity contribution in [3.8, 4) is 0 Å². The Balaban J connectivity index is 1.31. The first-order valence-electron chi connectivity index (χ1n) is 16.5. The second-order valence-electron chi connectivity index (χ2n) is 12.7. The fourth-order valence-corrected chi connectivity index (χ4v) is 8.12. The number of hydrogen-bond donors (Lipinski definition) is 1. The molecule has 0 saturated carbocycles. The monoisotopic (exact) mass is 713 g/mol. The van der Waals surface area contributed by atoms with E-state index >= 15 is 0 Å². The highest BCUT2D eigenvalue weighted by Gasteiger charge is 2.34. The van der Waals surface area contributed by atoms with E-state index in [1.54, 1.807) is 17.0 Å². The van der Waals surface area contributed by atoms with Gasteiger partial charge in [-0.15, -0.1) is 0 Å². The zero-order valence-corrected chi connectivity index (χ0v) is 30.1. The number of carbonyl (C=O) groups is 2. The Morgan fingerprint density at radius 2 is 1.60 bits per heavy atom. The number of carbonyl (C=O) groups excluding carboxylic acids is 2. The second-order valence-corrected chi connectivity index (χ2v) is 15.5. The summed E-state index contributed by atoms with van der Waals surface area (Å²) in [5.41, 5.74) is 4.16. The van der Waals surface area contributed by atoms with Crippen molar-refractivity contribution in [1.82, 2.24) is 24.3 Å². The van der Waals surface area contributed by atoms with Crippen molar-refractivity contribution in [1.29, 1.82) is 0 Å². The van der Waals surface area contributed by atoms with Crippen LogP contribution in [0.5, 0.6) is 0 Å². The van der Waals surface area contributed by atoms with Crippen LogP contribution in [-0.2, 0) is 32.5 Å². The average Bonchev–Trinajstić information content (AvgIpc) is 3.07. The minimum Gasteiger partial charge on any atom is -0.344 e. The largest absolute Gasteiger partial charge is 0.344 e. The quantitative estimate of drug-likeness (QED) is 0.290. The van der Waals surface area contributed by atoms with Crippen molar-refractivity contribution < 1.29 is 18.0 Å². The maximum atomic E-state index is 14.2.